The second-order valence-corrected chi connectivity index (χ2v) is 6.90. The molecule has 0 aromatic carbocycles. The van der Waals surface area contributed by atoms with Gasteiger partial charge in [-0.15, -0.1) is 11.3 Å². The van der Waals surface area contributed by atoms with E-state index >= 15 is 0 Å². The van der Waals surface area contributed by atoms with Gasteiger partial charge in [-0.25, -0.2) is 0 Å². The Balaban J connectivity index is 1.75. The van der Waals surface area contributed by atoms with Gasteiger partial charge in [0.2, 0.25) is 0 Å². The van der Waals surface area contributed by atoms with Crippen LogP contribution in [0, 0.1) is 0 Å². The summed E-state index contributed by atoms with van der Waals surface area (Å²) in [5.74, 6) is 0. The molecule has 1 saturated heterocycles. The summed E-state index contributed by atoms with van der Waals surface area (Å²) in [6.45, 7) is 7.10. The highest BCUT2D eigenvalue weighted by Crippen LogP contribution is 2.23. The average Bonchev–Trinajstić information content (AvgIpc) is 2.63. The van der Waals surface area contributed by atoms with Crippen LogP contribution >= 0.6 is 27.3 Å². The summed E-state index contributed by atoms with van der Waals surface area (Å²) in [5.41, 5.74) is 0. The molecule has 1 fully saturated rings. The Labute approximate surface area is 123 Å². The number of nitrogens with one attached hydrogen (secondary N) is 1. The molecular weight excluding hydrogens is 308 g/mol. The summed E-state index contributed by atoms with van der Waals surface area (Å²) in [7, 11) is 0. The quantitative estimate of drug-likeness (QED) is 0.881. The van der Waals surface area contributed by atoms with Gasteiger partial charge in [-0.2, -0.15) is 0 Å². The topological polar surface area (TPSA) is 15.3 Å². The molecule has 18 heavy (non-hydrogen) atoms. The molecule has 1 atom stereocenters. The standard InChI is InChI=1S/C14H23BrN2S/c1-2-7-17-8-3-4-12(5-9-17)16-11-14-13(15)6-10-18-14/h6,10,12,16H,2-5,7-9,11H2,1H3. The van der Waals surface area contributed by atoms with Crippen molar-refractivity contribution in [2.24, 2.45) is 0 Å². The zero-order chi connectivity index (χ0) is 12.8. The molecular formula is C14H23BrN2S. The highest BCUT2D eigenvalue weighted by molar-refractivity contribution is 9.10. The lowest BCUT2D eigenvalue weighted by Gasteiger charge is -2.19. The molecule has 1 N–H and O–H groups in total. The lowest BCUT2D eigenvalue weighted by Crippen LogP contribution is -2.30. The molecule has 1 aromatic rings. The summed E-state index contributed by atoms with van der Waals surface area (Å²) in [6, 6.07) is 2.83. The normalized spacial score (nSPS) is 22.0. The SMILES string of the molecule is CCCN1CCCC(NCc2sccc2Br)CC1. The number of hydrogen-bond acceptors (Lipinski definition) is 3. The third-order valence-electron chi connectivity index (χ3n) is 3.60. The Bertz CT molecular complexity index is 353. The van der Waals surface area contributed by atoms with E-state index in [4.69, 9.17) is 0 Å². The van der Waals surface area contributed by atoms with Crippen LogP contribution in [-0.2, 0) is 6.54 Å². The minimum Gasteiger partial charge on any atom is -0.309 e. The number of hydrogen-bond donors (Lipinski definition) is 1. The second kappa shape index (κ2) is 7.63. The highest BCUT2D eigenvalue weighted by atomic mass is 79.9. The van der Waals surface area contributed by atoms with Gasteiger partial charge in [-0.3, -0.25) is 0 Å². The highest BCUT2D eigenvalue weighted by Gasteiger charge is 2.16. The lowest BCUT2D eigenvalue weighted by atomic mass is 10.1. The van der Waals surface area contributed by atoms with Crippen LogP contribution in [0.5, 0.6) is 0 Å². The maximum atomic E-state index is 3.72. The number of nitrogens with zero attached hydrogens (tertiary/aromatic N) is 1. The number of thiophene rings is 1. The molecule has 0 bridgehead atoms. The molecule has 1 unspecified atom stereocenters. The lowest BCUT2D eigenvalue weighted by molar-refractivity contribution is 0.282. The molecule has 1 aliphatic heterocycles. The molecule has 2 heterocycles. The number of rotatable bonds is 5. The van der Waals surface area contributed by atoms with Crippen LogP contribution in [0.2, 0.25) is 0 Å². The Kier molecular flexibility index (Phi) is 6.15. The minimum atomic E-state index is 0.695. The predicted molar refractivity (Wildman–Crippen MR) is 83.2 cm³/mol. The van der Waals surface area contributed by atoms with Crippen LogP contribution < -0.4 is 5.32 Å². The monoisotopic (exact) mass is 330 g/mol. The minimum absolute atomic E-state index is 0.695. The van der Waals surface area contributed by atoms with E-state index in [1.165, 1.54) is 54.7 Å². The fourth-order valence-electron chi connectivity index (χ4n) is 2.59. The first-order chi connectivity index (χ1) is 8.79. The van der Waals surface area contributed by atoms with Gasteiger partial charge in [-0.05, 0) is 72.7 Å². The molecule has 4 heteroatoms. The Hall–Kier alpha value is 0.100. The summed E-state index contributed by atoms with van der Waals surface area (Å²) < 4.78 is 1.25. The van der Waals surface area contributed by atoms with Gasteiger partial charge in [0.15, 0.2) is 0 Å². The number of halogens is 1. The summed E-state index contributed by atoms with van der Waals surface area (Å²) >= 11 is 5.43. The number of likely N-dealkylation sites (tertiary alicyclic amines) is 1. The maximum absolute atomic E-state index is 3.72. The molecule has 102 valence electrons. The van der Waals surface area contributed by atoms with Gasteiger partial charge in [0.05, 0.1) is 0 Å². The van der Waals surface area contributed by atoms with Crippen LogP contribution in [0.1, 0.15) is 37.5 Å². The van der Waals surface area contributed by atoms with E-state index in [0.717, 1.165) is 6.54 Å². The van der Waals surface area contributed by atoms with Crippen LogP contribution in [-0.4, -0.2) is 30.6 Å². The molecule has 0 radical (unpaired) electrons. The predicted octanol–water partition coefficient (Wildman–Crippen LogP) is 3.86. The van der Waals surface area contributed by atoms with Crippen molar-refractivity contribution < 1.29 is 0 Å². The maximum Gasteiger partial charge on any atom is 0.0327 e. The van der Waals surface area contributed by atoms with E-state index in [0.29, 0.717) is 6.04 Å². The molecule has 1 aliphatic rings. The molecule has 2 rings (SSSR count). The molecule has 0 saturated carbocycles. The largest absolute Gasteiger partial charge is 0.309 e. The Morgan fingerprint density at radius 1 is 1.44 bits per heavy atom. The van der Waals surface area contributed by atoms with Crippen molar-refractivity contribution in [2.45, 2.75) is 45.2 Å². The van der Waals surface area contributed by atoms with Gasteiger partial charge in [-0.1, -0.05) is 6.92 Å². The second-order valence-electron chi connectivity index (χ2n) is 5.04. The van der Waals surface area contributed by atoms with Crippen LogP contribution in [0.3, 0.4) is 0 Å². The van der Waals surface area contributed by atoms with Crippen molar-refractivity contribution in [1.82, 2.24) is 10.2 Å². The van der Waals surface area contributed by atoms with E-state index in [9.17, 15) is 0 Å². The van der Waals surface area contributed by atoms with E-state index < -0.39 is 0 Å². The first-order valence-corrected chi connectivity index (χ1v) is 8.64. The van der Waals surface area contributed by atoms with E-state index in [1.54, 1.807) is 0 Å². The molecule has 0 spiro atoms. The van der Waals surface area contributed by atoms with Gasteiger partial charge in [0.25, 0.3) is 0 Å². The molecule has 0 amide bonds. The summed E-state index contributed by atoms with van der Waals surface area (Å²) in [6.07, 6.45) is 5.23. The fraction of sp³-hybridized carbons (Fsp3) is 0.714. The smallest absolute Gasteiger partial charge is 0.0327 e. The van der Waals surface area contributed by atoms with Crippen molar-refractivity contribution >= 4 is 27.3 Å². The molecule has 1 aromatic heterocycles. The van der Waals surface area contributed by atoms with Crippen molar-refractivity contribution in [3.63, 3.8) is 0 Å². The third-order valence-corrected chi connectivity index (χ3v) is 5.53. The first kappa shape index (κ1) is 14.5. The van der Waals surface area contributed by atoms with Gasteiger partial charge < -0.3 is 10.2 Å². The first-order valence-electron chi connectivity index (χ1n) is 6.97. The van der Waals surface area contributed by atoms with Gasteiger partial charge >= 0.3 is 0 Å². The van der Waals surface area contributed by atoms with Gasteiger partial charge in [0.1, 0.15) is 0 Å². The van der Waals surface area contributed by atoms with Crippen molar-refractivity contribution in [3.8, 4) is 0 Å². The van der Waals surface area contributed by atoms with E-state index in [2.05, 4.69) is 44.5 Å². The molecule has 2 nitrogen and oxygen atoms in total. The Morgan fingerprint density at radius 3 is 3.06 bits per heavy atom. The van der Waals surface area contributed by atoms with Crippen LogP contribution in [0.15, 0.2) is 15.9 Å². The Morgan fingerprint density at radius 2 is 2.33 bits per heavy atom. The van der Waals surface area contributed by atoms with Gasteiger partial charge in [0, 0.05) is 21.9 Å². The van der Waals surface area contributed by atoms with E-state index in [-0.39, 0.29) is 0 Å². The van der Waals surface area contributed by atoms with E-state index in [1.807, 2.05) is 11.3 Å². The average molecular weight is 331 g/mol. The summed E-state index contributed by atoms with van der Waals surface area (Å²) in [5, 5.41) is 5.87. The van der Waals surface area contributed by atoms with Crippen molar-refractivity contribution in [2.75, 3.05) is 19.6 Å². The van der Waals surface area contributed by atoms with Crippen LogP contribution in [0.4, 0.5) is 0 Å². The third kappa shape index (κ3) is 4.34. The fourth-order valence-corrected chi connectivity index (χ4v) is 4.03. The van der Waals surface area contributed by atoms with Crippen LogP contribution in [0.25, 0.3) is 0 Å². The molecule has 0 aliphatic carbocycles. The van der Waals surface area contributed by atoms with Crippen molar-refractivity contribution in [1.29, 1.82) is 0 Å². The summed E-state index contributed by atoms with van der Waals surface area (Å²) in [4.78, 5) is 4.03. The zero-order valence-corrected chi connectivity index (χ0v) is 13.5. The zero-order valence-electron chi connectivity index (χ0n) is 11.1. The van der Waals surface area contributed by atoms with Crippen molar-refractivity contribution in [3.05, 3.63) is 20.8 Å².